The van der Waals surface area contributed by atoms with Gasteiger partial charge in [-0.1, -0.05) is 11.6 Å². The van der Waals surface area contributed by atoms with Crippen molar-refractivity contribution in [3.05, 3.63) is 30.9 Å². The van der Waals surface area contributed by atoms with Gasteiger partial charge in [0.25, 0.3) is 5.91 Å². The van der Waals surface area contributed by atoms with Crippen molar-refractivity contribution >= 4 is 46.1 Å². The lowest BCUT2D eigenvalue weighted by Crippen LogP contribution is -2.58. The number of carbonyl (C=O) groups excluding carboxylic acids is 2. The fourth-order valence-corrected chi connectivity index (χ4v) is 6.38. The van der Waals surface area contributed by atoms with Crippen molar-refractivity contribution < 1.29 is 9.59 Å². The number of halogens is 1. The van der Waals surface area contributed by atoms with Crippen LogP contribution in [0, 0.1) is 13.8 Å². The zero-order chi connectivity index (χ0) is 19.8. The van der Waals surface area contributed by atoms with Crippen molar-refractivity contribution in [2.75, 3.05) is 0 Å². The normalized spacial score (nSPS) is 24.2. The number of rotatable bonds is 4. The number of hydrogen-bond donors (Lipinski definition) is 1. The maximum absolute atomic E-state index is 13.2. The first-order valence-corrected chi connectivity index (χ1v) is 11.6. The molecule has 28 heavy (non-hydrogen) atoms. The van der Waals surface area contributed by atoms with Crippen LogP contribution in [0.3, 0.4) is 0 Å². The molecule has 2 aliphatic rings. The van der Waals surface area contributed by atoms with Crippen molar-refractivity contribution in [3.63, 3.8) is 0 Å². The third-order valence-electron chi connectivity index (χ3n) is 5.46. The first-order valence-electron chi connectivity index (χ1n) is 9.57. The third-order valence-corrected chi connectivity index (χ3v) is 7.75. The van der Waals surface area contributed by atoms with Crippen LogP contribution in [0.4, 0.5) is 0 Å². The van der Waals surface area contributed by atoms with Gasteiger partial charge in [0.1, 0.15) is 14.9 Å². The molecule has 2 amide bonds. The number of thiophene rings is 1. The molecule has 0 aromatic carbocycles. The summed E-state index contributed by atoms with van der Waals surface area (Å²) in [6, 6.07) is 2.28. The summed E-state index contributed by atoms with van der Waals surface area (Å²) in [6.45, 7) is 3.85. The Hall–Kier alpha value is -1.51. The van der Waals surface area contributed by atoms with E-state index < -0.39 is 0 Å². The Morgan fingerprint density at radius 2 is 1.93 bits per heavy atom. The van der Waals surface area contributed by atoms with Gasteiger partial charge in [-0.15, -0.1) is 32.9 Å². The van der Waals surface area contributed by atoms with Gasteiger partial charge in [0.05, 0.1) is 11.4 Å². The fourth-order valence-electron chi connectivity index (χ4n) is 4.40. The average Bonchev–Trinajstić information content (AvgIpc) is 3.17. The molecule has 0 spiro atoms. The standard InChI is InChI=1S/C19H23ClN4O2S2/c1-10-6-15(20)18(27-10)19(26)24-13-4-3-5-14(24)8-12(7-13)21-16(25)9-17-23-22-11(2)28-17/h6,12-14H,3-5,7-9H2,1-2H3,(H,21,25). The molecule has 2 aromatic heterocycles. The van der Waals surface area contributed by atoms with Crippen LogP contribution in [-0.2, 0) is 11.2 Å². The monoisotopic (exact) mass is 438 g/mol. The molecule has 2 atom stereocenters. The molecule has 2 aromatic rings. The molecule has 0 radical (unpaired) electrons. The predicted molar refractivity (Wildman–Crippen MR) is 111 cm³/mol. The Morgan fingerprint density at radius 3 is 2.50 bits per heavy atom. The van der Waals surface area contributed by atoms with Gasteiger partial charge in [0.15, 0.2) is 0 Å². The lowest BCUT2D eigenvalue weighted by molar-refractivity contribution is -0.121. The molecule has 0 saturated carbocycles. The average molecular weight is 439 g/mol. The highest BCUT2D eigenvalue weighted by Crippen LogP contribution is 2.37. The van der Waals surface area contributed by atoms with Crippen molar-refractivity contribution in [2.45, 2.75) is 70.5 Å². The fraction of sp³-hybridized carbons (Fsp3) is 0.579. The predicted octanol–water partition coefficient (Wildman–Crippen LogP) is 3.75. The maximum Gasteiger partial charge on any atom is 0.265 e. The minimum atomic E-state index is -0.0177. The molecule has 2 aliphatic heterocycles. The van der Waals surface area contributed by atoms with E-state index in [2.05, 4.69) is 15.5 Å². The Kier molecular flexibility index (Phi) is 5.71. The van der Waals surface area contributed by atoms with Crippen LogP contribution in [0.15, 0.2) is 6.07 Å². The molecule has 1 N–H and O–H groups in total. The molecule has 0 aliphatic carbocycles. The second-order valence-electron chi connectivity index (χ2n) is 7.61. The third kappa shape index (κ3) is 4.09. The second kappa shape index (κ2) is 8.08. The summed E-state index contributed by atoms with van der Waals surface area (Å²) in [7, 11) is 0. The smallest absolute Gasteiger partial charge is 0.265 e. The highest BCUT2D eigenvalue weighted by Gasteiger charge is 2.42. The summed E-state index contributed by atoms with van der Waals surface area (Å²) < 4.78 is 0. The van der Waals surface area contributed by atoms with Gasteiger partial charge < -0.3 is 10.2 Å². The number of nitrogens with one attached hydrogen (secondary N) is 1. The van der Waals surface area contributed by atoms with Gasteiger partial charge in [-0.3, -0.25) is 9.59 Å². The highest BCUT2D eigenvalue weighted by atomic mass is 35.5. The molecular weight excluding hydrogens is 416 g/mol. The largest absolute Gasteiger partial charge is 0.353 e. The number of nitrogens with zero attached hydrogens (tertiary/aromatic N) is 3. The summed E-state index contributed by atoms with van der Waals surface area (Å²) >= 11 is 9.21. The molecule has 2 saturated heterocycles. The van der Waals surface area contributed by atoms with Crippen LogP contribution >= 0.6 is 34.3 Å². The van der Waals surface area contributed by atoms with Gasteiger partial charge in [0.2, 0.25) is 5.91 Å². The van der Waals surface area contributed by atoms with E-state index >= 15 is 0 Å². The first kappa shape index (κ1) is 19.8. The molecule has 6 nitrogen and oxygen atoms in total. The van der Waals surface area contributed by atoms with Crippen molar-refractivity contribution in [1.82, 2.24) is 20.4 Å². The van der Waals surface area contributed by atoms with Crippen LogP contribution in [0.1, 0.15) is 56.7 Å². The van der Waals surface area contributed by atoms with E-state index in [1.807, 2.05) is 24.8 Å². The van der Waals surface area contributed by atoms with Crippen molar-refractivity contribution in [2.24, 2.45) is 0 Å². The van der Waals surface area contributed by atoms with E-state index in [0.29, 0.717) is 9.90 Å². The van der Waals surface area contributed by atoms with Gasteiger partial charge in [-0.2, -0.15) is 0 Å². The van der Waals surface area contributed by atoms with Crippen LogP contribution in [0.5, 0.6) is 0 Å². The number of hydrogen-bond acceptors (Lipinski definition) is 6. The summed E-state index contributed by atoms with van der Waals surface area (Å²) in [6.07, 6.45) is 4.94. The molecule has 2 bridgehead atoms. The van der Waals surface area contributed by atoms with E-state index in [0.717, 1.165) is 47.0 Å². The number of aromatic nitrogens is 2. The molecule has 150 valence electrons. The summed E-state index contributed by atoms with van der Waals surface area (Å²) in [5, 5.41) is 13.3. The van der Waals surface area contributed by atoms with Crippen LogP contribution < -0.4 is 5.32 Å². The lowest BCUT2D eigenvalue weighted by atomic mass is 9.81. The van der Waals surface area contributed by atoms with Gasteiger partial charge >= 0.3 is 0 Å². The summed E-state index contributed by atoms with van der Waals surface area (Å²) in [4.78, 5) is 29.3. The summed E-state index contributed by atoms with van der Waals surface area (Å²) in [5.41, 5.74) is 0. The molecule has 9 heteroatoms. The molecule has 2 fully saturated rings. The maximum atomic E-state index is 13.2. The quantitative estimate of drug-likeness (QED) is 0.788. The Morgan fingerprint density at radius 1 is 1.21 bits per heavy atom. The van der Waals surface area contributed by atoms with Gasteiger partial charge in [-0.25, -0.2) is 0 Å². The number of fused-ring (bicyclic) bond motifs is 2. The number of carbonyl (C=O) groups is 2. The minimum absolute atomic E-state index is 0.0177. The number of piperidine rings is 2. The van der Waals surface area contributed by atoms with E-state index in [1.54, 1.807) is 0 Å². The SMILES string of the molecule is Cc1cc(Cl)c(C(=O)N2C3CCCC2CC(NC(=O)Cc2nnc(C)s2)C3)s1. The van der Waals surface area contributed by atoms with E-state index in [1.165, 1.54) is 22.7 Å². The Balaban J connectivity index is 1.42. The van der Waals surface area contributed by atoms with Crippen LogP contribution in [0.25, 0.3) is 0 Å². The van der Waals surface area contributed by atoms with E-state index in [-0.39, 0.29) is 36.4 Å². The van der Waals surface area contributed by atoms with Crippen LogP contribution in [0.2, 0.25) is 5.02 Å². The zero-order valence-corrected chi connectivity index (χ0v) is 18.3. The lowest BCUT2D eigenvalue weighted by Gasteiger charge is -2.48. The van der Waals surface area contributed by atoms with Gasteiger partial charge in [0, 0.05) is 23.0 Å². The Bertz CT molecular complexity index is 882. The molecule has 2 unspecified atom stereocenters. The van der Waals surface area contributed by atoms with Crippen molar-refractivity contribution in [3.8, 4) is 0 Å². The molecule has 4 rings (SSSR count). The topological polar surface area (TPSA) is 75.2 Å². The van der Waals surface area contributed by atoms with Crippen molar-refractivity contribution in [1.29, 1.82) is 0 Å². The van der Waals surface area contributed by atoms with Gasteiger partial charge in [-0.05, 0) is 52.0 Å². The summed E-state index contributed by atoms with van der Waals surface area (Å²) in [5.74, 6) is 0.0304. The van der Waals surface area contributed by atoms with E-state index in [9.17, 15) is 9.59 Å². The highest BCUT2D eigenvalue weighted by molar-refractivity contribution is 7.14. The number of amides is 2. The molecular formula is C19H23ClN4O2S2. The van der Waals surface area contributed by atoms with Crippen LogP contribution in [-0.4, -0.2) is 45.0 Å². The second-order valence-corrected chi connectivity index (χ2v) is 10.5. The van der Waals surface area contributed by atoms with E-state index in [4.69, 9.17) is 11.6 Å². The zero-order valence-electron chi connectivity index (χ0n) is 15.9. The molecule has 4 heterocycles. The Labute approximate surface area is 177 Å². The minimum Gasteiger partial charge on any atom is -0.353 e. The number of aryl methyl sites for hydroxylation is 2. The first-order chi connectivity index (χ1) is 13.4.